The predicted octanol–water partition coefficient (Wildman–Crippen LogP) is 4.97. The minimum absolute atomic E-state index is 0.0614. The minimum atomic E-state index is -0.418. The van der Waals surface area contributed by atoms with Crippen LogP contribution in [0.25, 0.3) is 5.57 Å². The second kappa shape index (κ2) is 9.32. The van der Waals surface area contributed by atoms with Crippen LogP contribution in [0.15, 0.2) is 54.1 Å². The van der Waals surface area contributed by atoms with E-state index >= 15 is 0 Å². The summed E-state index contributed by atoms with van der Waals surface area (Å²) in [6.07, 6.45) is 1.78. The fraction of sp³-hybridized carbons (Fsp3) is 0.240. The van der Waals surface area contributed by atoms with Crippen molar-refractivity contribution >= 4 is 11.4 Å². The van der Waals surface area contributed by atoms with E-state index < -0.39 is 5.82 Å². The van der Waals surface area contributed by atoms with Gasteiger partial charge < -0.3 is 14.2 Å². The van der Waals surface area contributed by atoms with Crippen LogP contribution in [-0.4, -0.2) is 27.1 Å². The molecule has 0 aromatic heterocycles. The summed E-state index contributed by atoms with van der Waals surface area (Å²) >= 11 is 0. The molecule has 0 N–H and O–H groups in total. The smallest absolute Gasteiger partial charge is 0.203 e. The van der Waals surface area contributed by atoms with Crippen LogP contribution < -0.4 is 14.2 Å². The maximum Gasteiger partial charge on any atom is 0.203 e. The third-order valence-corrected chi connectivity index (χ3v) is 4.98. The highest BCUT2D eigenvalue weighted by Crippen LogP contribution is 2.42. The molecule has 3 rings (SSSR count). The first-order valence-corrected chi connectivity index (χ1v) is 9.52. The molecule has 0 saturated carbocycles. The van der Waals surface area contributed by atoms with Crippen LogP contribution >= 0.6 is 0 Å². The second-order valence-electron chi connectivity index (χ2n) is 6.75. The van der Waals surface area contributed by atoms with Crippen LogP contribution in [0, 0.1) is 17.7 Å². The maximum absolute atomic E-state index is 13.9. The van der Waals surface area contributed by atoms with E-state index in [-0.39, 0.29) is 11.3 Å². The molecule has 0 spiro atoms. The van der Waals surface area contributed by atoms with Gasteiger partial charge in [0.2, 0.25) is 5.75 Å². The van der Waals surface area contributed by atoms with Crippen LogP contribution in [-0.2, 0) is 4.79 Å². The Balaban J connectivity index is 2.09. The van der Waals surface area contributed by atoms with Crippen molar-refractivity contribution in [3.8, 4) is 29.1 Å². The molecule has 0 heterocycles. The van der Waals surface area contributed by atoms with Crippen molar-refractivity contribution in [1.29, 1.82) is 0 Å². The third-order valence-electron chi connectivity index (χ3n) is 4.98. The Labute approximate surface area is 176 Å². The van der Waals surface area contributed by atoms with Gasteiger partial charge in [-0.3, -0.25) is 4.79 Å². The lowest BCUT2D eigenvalue weighted by Crippen LogP contribution is -2.11. The van der Waals surface area contributed by atoms with Crippen LogP contribution in [0.4, 0.5) is 4.39 Å². The first-order chi connectivity index (χ1) is 14.5. The Bertz CT molecular complexity index is 1060. The summed E-state index contributed by atoms with van der Waals surface area (Å²) in [6.45, 7) is 4.21. The summed E-state index contributed by atoms with van der Waals surface area (Å²) < 4.78 is 30.2. The molecule has 1 aliphatic carbocycles. The van der Waals surface area contributed by atoms with Crippen molar-refractivity contribution in [1.82, 2.24) is 0 Å². The van der Waals surface area contributed by atoms with E-state index in [0.717, 1.165) is 11.1 Å². The maximum atomic E-state index is 13.9. The van der Waals surface area contributed by atoms with Crippen LogP contribution in [0.3, 0.4) is 0 Å². The number of benzene rings is 2. The van der Waals surface area contributed by atoms with Gasteiger partial charge in [-0.1, -0.05) is 30.6 Å². The first kappa shape index (κ1) is 21.2. The van der Waals surface area contributed by atoms with E-state index in [1.54, 1.807) is 44.6 Å². The highest BCUT2D eigenvalue weighted by atomic mass is 19.1. The lowest BCUT2D eigenvalue weighted by atomic mass is 9.84. The fourth-order valence-corrected chi connectivity index (χ4v) is 3.41. The van der Waals surface area contributed by atoms with E-state index in [2.05, 4.69) is 18.4 Å². The van der Waals surface area contributed by atoms with Crippen LogP contribution in [0.5, 0.6) is 17.2 Å². The molecule has 1 aliphatic rings. The SMILES string of the molecule is C=C(C1=C(C#Cc2ccccc2F)C(=O)CCC1)c1cc(OC)c(OC)c(OC)c1. The molecule has 154 valence electrons. The van der Waals surface area contributed by atoms with Crippen molar-refractivity contribution in [2.75, 3.05) is 21.3 Å². The topological polar surface area (TPSA) is 44.8 Å². The van der Waals surface area contributed by atoms with E-state index in [9.17, 15) is 9.18 Å². The monoisotopic (exact) mass is 406 g/mol. The van der Waals surface area contributed by atoms with E-state index in [4.69, 9.17) is 14.2 Å². The summed E-state index contributed by atoms with van der Waals surface area (Å²) in [5.74, 6) is 6.69. The van der Waals surface area contributed by atoms with Crippen molar-refractivity contribution < 1.29 is 23.4 Å². The van der Waals surface area contributed by atoms with Gasteiger partial charge in [-0.2, -0.15) is 0 Å². The van der Waals surface area contributed by atoms with Gasteiger partial charge in [-0.25, -0.2) is 4.39 Å². The lowest BCUT2D eigenvalue weighted by Gasteiger charge is -2.20. The number of rotatable bonds is 5. The zero-order valence-corrected chi connectivity index (χ0v) is 17.3. The van der Waals surface area contributed by atoms with Gasteiger partial charge in [0.15, 0.2) is 17.3 Å². The molecular weight excluding hydrogens is 383 g/mol. The molecule has 30 heavy (non-hydrogen) atoms. The molecule has 0 unspecified atom stereocenters. The van der Waals surface area contributed by atoms with E-state index in [1.165, 1.54) is 13.2 Å². The first-order valence-electron chi connectivity index (χ1n) is 9.52. The number of ether oxygens (including phenoxy) is 3. The number of carbonyl (C=O) groups excluding carboxylic acids is 1. The number of methoxy groups -OCH3 is 3. The van der Waals surface area contributed by atoms with Crippen LogP contribution in [0.2, 0.25) is 0 Å². The van der Waals surface area contributed by atoms with Crippen LogP contribution in [0.1, 0.15) is 30.4 Å². The standard InChI is InChI=1S/C25H23FO4/c1-16(18-14-23(28-2)25(30-4)24(15-18)29-3)19-9-7-11-22(27)20(19)13-12-17-8-5-6-10-21(17)26/h5-6,8,10,14-15H,1,7,9,11H2,2-4H3. The number of carbonyl (C=O) groups is 1. The summed E-state index contributed by atoms with van der Waals surface area (Å²) in [5, 5.41) is 0. The van der Waals surface area contributed by atoms with Gasteiger partial charge in [0.25, 0.3) is 0 Å². The summed E-state index contributed by atoms with van der Waals surface area (Å²) in [6, 6.07) is 9.82. The van der Waals surface area contributed by atoms with Crippen molar-refractivity contribution in [2.45, 2.75) is 19.3 Å². The highest BCUT2D eigenvalue weighted by molar-refractivity contribution is 6.05. The molecule has 2 aromatic rings. The normalized spacial score (nSPS) is 13.4. The Morgan fingerprint density at radius 3 is 2.27 bits per heavy atom. The Morgan fingerprint density at radius 2 is 1.67 bits per heavy atom. The predicted molar refractivity (Wildman–Crippen MR) is 114 cm³/mol. The largest absolute Gasteiger partial charge is 0.493 e. The molecule has 0 atom stereocenters. The Hall–Kier alpha value is -3.52. The third kappa shape index (κ3) is 4.23. The zero-order valence-electron chi connectivity index (χ0n) is 17.3. The van der Waals surface area contributed by atoms with E-state index in [1.807, 2.05) is 0 Å². The highest BCUT2D eigenvalue weighted by Gasteiger charge is 2.23. The number of ketones is 1. The number of hydrogen-bond donors (Lipinski definition) is 0. The van der Waals surface area contributed by atoms with Gasteiger partial charge >= 0.3 is 0 Å². The molecule has 0 radical (unpaired) electrons. The number of hydrogen-bond acceptors (Lipinski definition) is 4. The molecule has 0 amide bonds. The molecule has 0 saturated heterocycles. The second-order valence-corrected chi connectivity index (χ2v) is 6.75. The van der Waals surface area contributed by atoms with Gasteiger partial charge in [-0.15, -0.1) is 0 Å². The van der Waals surface area contributed by atoms with Gasteiger partial charge in [0.05, 0.1) is 32.5 Å². The van der Waals surface area contributed by atoms with Crippen molar-refractivity contribution in [3.63, 3.8) is 0 Å². The van der Waals surface area contributed by atoms with Gasteiger partial charge in [0, 0.05) is 6.42 Å². The van der Waals surface area contributed by atoms with Crippen molar-refractivity contribution in [3.05, 3.63) is 71.1 Å². The molecule has 2 aromatic carbocycles. The molecule has 5 heteroatoms. The summed E-state index contributed by atoms with van der Waals surface area (Å²) in [4.78, 5) is 12.6. The average Bonchev–Trinajstić information content (AvgIpc) is 2.77. The van der Waals surface area contributed by atoms with Gasteiger partial charge in [-0.05, 0) is 53.8 Å². The fourth-order valence-electron chi connectivity index (χ4n) is 3.41. The summed E-state index contributed by atoms with van der Waals surface area (Å²) in [5.41, 5.74) is 2.77. The molecule has 0 bridgehead atoms. The quantitative estimate of drug-likeness (QED) is 0.658. The Morgan fingerprint density at radius 1 is 1.00 bits per heavy atom. The minimum Gasteiger partial charge on any atom is -0.493 e. The van der Waals surface area contributed by atoms with Gasteiger partial charge in [0.1, 0.15) is 5.82 Å². The molecule has 0 fully saturated rings. The molecular formula is C25H23FO4. The van der Waals surface area contributed by atoms with E-state index in [0.29, 0.717) is 47.7 Å². The van der Waals surface area contributed by atoms with Crippen molar-refractivity contribution in [2.24, 2.45) is 0 Å². The average molecular weight is 406 g/mol. The molecule has 4 nitrogen and oxygen atoms in total. The number of allylic oxidation sites excluding steroid dienone is 3. The molecule has 0 aliphatic heterocycles. The Kier molecular flexibility index (Phi) is 6.58. The lowest BCUT2D eigenvalue weighted by molar-refractivity contribution is -0.115. The number of halogens is 1. The zero-order chi connectivity index (χ0) is 21.7. The summed E-state index contributed by atoms with van der Waals surface area (Å²) in [7, 11) is 4.62. The number of Topliss-reactive ketones (excluding diaryl/α,β-unsaturated/α-hetero) is 1.